The summed E-state index contributed by atoms with van der Waals surface area (Å²) < 4.78 is 1.73. The van der Waals surface area contributed by atoms with Crippen LogP contribution in [0.3, 0.4) is 0 Å². The summed E-state index contributed by atoms with van der Waals surface area (Å²) in [5.74, 6) is -0.128. The Morgan fingerprint density at radius 3 is 2.34 bits per heavy atom. The molecule has 1 aliphatic rings. The molecule has 7 heteroatoms. The van der Waals surface area contributed by atoms with Crippen LogP contribution in [0.2, 0.25) is 5.02 Å². The Morgan fingerprint density at radius 2 is 1.62 bits per heavy atom. The maximum Gasteiger partial charge on any atom is 0.255 e. The van der Waals surface area contributed by atoms with E-state index in [0.29, 0.717) is 42.3 Å². The van der Waals surface area contributed by atoms with Crippen molar-refractivity contribution in [1.82, 2.24) is 19.6 Å². The summed E-state index contributed by atoms with van der Waals surface area (Å²) in [5.41, 5.74) is 1.95. The highest BCUT2D eigenvalue weighted by Gasteiger charge is 2.24. The molecule has 29 heavy (non-hydrogen) atoms. The molecule has 4 rings (SSSR count). The molecular formula is C22H21ClN4O2. The molecular weight excluding hydrogens is 388 g/mol. The minimum atomic E-state index is -0.0921. The first kappa shape index (κ1) is 19.2. The molecule has 2 aromatic carbocycles. The Kier molecular flexibility index (Phi) is 5.62. The molecule has 0 radical (unpaired) electrons. The van der Waals surface area contributed by atoms with Crippen LogP contribution in [-0.4, -0.2) is 57.6 Å². The summed E-state index contributed by atoms with van der Waals surface area (Å²) in [6.07, 6.45) is 4.27. The van der Waals surface area contributed by atoms with E-state index >= 15 is 0 Å². The number of hydrogen-bond acceptors (Lipinski definition) is 3. The van der Waals surface area contributed by atoms with E-state index in [0.717, 1.165) is 12.1 Å². The second-order valence-corrected chi connectivity index (χ2v) is 7.33. The van der Waals surface area contributed by atoms with Crippen molar-refractivity contribution >= 4 is 23.4 Å². The average molecular weight is 409 g/mol. The summed E-state index contributed by atoms with van der Waals surface area (Å²) >= 11 is 6.18. The summed E-state index contributed by atoms with van der Waals surface area (Å²) in [6, 6.07) is 16.3. The molecule has 1 aromatic heterocycles. The van der Waals surface area contributed by atoms with Gasteiger partial charge in [0.25, 0.3) is 11.8 Å². The van der Waals surface area contributed by atoms with Gasteiger partial charge in [-0.1, -0.05) is 29.8 Å². The lowest BCUT2D eigenvalue weighted by Crippen LogP contribution is -2.37. The van der Waals surface area contributed by atoms with Crippen LogP contribution in [0.15, 0.2) is 67.0 Å². The number of amides is 2. The van der Waals surface area contributed by atoms with E-state index < -0.39 is 0 Å². The quantitative estimate of drug-likeness (QED) is 0.666. The maximum atomic E-state index is 13.0. The molecule has 0 N–H and O–H groups in total. The molecule has 0 saturated carbocycles. The molecule has 0 aliphatic carbocycles. The molecule has 1 saturated heterocycles. The zero-order chi connectivity index (χ0) is 20.2. The van der Waals surface area contributed by atoms with Crippen LogP contribution < -0.4 is 0 Å². The second kappa shape index (κ2) is 8.49. The molecule has 0 spiro atoms. The first-order valence-corrected chi connectivity index (χ1v) is 9.94. The maximum absolute atomic E-state index is 13.0. The van der Waals surface area contributed by atoms with Gasteiger partial charge >= 0.3 is 0 Å². The molecule has 1 fully saturated rings. The highest BCUT2D eigenvalue weighted by molar-refractivity contribution is 6.33. The first-order chi connectivity index (χ1) is 14.1. The van der Waals surface area contributed by atoms with E-state index in [1.165, 1.54) is 0 Å². The fourth-order valence-corrected chi connectivity index (χ4v) is 3.73. The van der Waals surface area contributed by atoms with Gasteiger partial charge in [0.2, 0.25) is 0 Å². The number of benzene rings is 2. The van der Waals surface area contributed by atoms with Crippen molar-refractivity contribution < 1.29 is 9.59 Å². The molecule has 2 amide bonds. The van der Waals surface area contributed by atoms with Crippen molar-refractivity contribution in [2.24, 2.45) is 0 Å². The SMILES string of the molecule is O=C(c1cccc(-n2cccn2)c1)N1CCCN(C(=O)c2ccccc2Cl)CC1. The number of aromatic nitrogens is 2. The van der Waals surface area contributed by atoms with E-state index in [1.54, 1.807) is 40.0 Å². The summed E-state index contributed by atoms with van der Waals surface area (Å²) in [6.45, 7) is 2.17. The van der Waals surface area contributed by atoms with Crippen molar-refractivity contribution in [3.63, 3.8) is 0 Å². The minimum absolute atomic E-state index is 0.0361. The number of rotatable bonds is 3. The van der Waals surface area contributed by atoms with Crippen LogP contribution in [-0.2, 0) is 0 Å². The van der Waals surface area contributed by atoms with Gasteiger partial charge < -0.3 is 9.80 Å². The van der Waals surface area contributed by atoms with Crippen LogP contribution in [0.5, 0.6) is 0 Å². The zero-order valence-corrected chi connectivity index (χ0v) is 16.6. The first-order valence-electron chi connectivity index (χ1n) is 9.56. The zero-order valence-electron chi connectivity index (χ0n) is 15.9. The van der Waals surface area contributed by atoms with Crippen molar-refractivity contribution in [3.8, 4) is 5.69 Å². The monoisotopic (exact) mass is 408 g/mol. The third kappa shape index (κ3) is 4.17. The number of carbonyl (C=O) groups excluding carboxylic acids is 2. The fraction of sp³-hybridized carbons (Fsp3) is 0.227. The van der Waals surface area contributed by atoms with Crippen molar-refractivity contribution in [1.29, 1.82) is 0 Å². The van der Waals surface area contributed by atoms with Gasteiger partial charge in [-0.25, -0.2) is 4.68 Å². The van der Waals surface area contributed by atoms with Crippen LogP contribution in [0, 0.1) is 0 Å². The van der Waals surface area contributed by atoms with Crippen molar-refractivity contribution in [2.45, 2.75) is 6.42 Å². The Bertz CT molecular complexity index is 1020. The van der Waals surface area contributed by atoms with E-state index in [-0.39, 0.29) is 11.8 Å². The Labute approximate surface area is 174 Å². The van der Waals surface area contributed by atoms with Gasteiger partial charge in [0.15, 0.2) is 0 Å². The number of carbonyl (C=O) groups is 2. The lowest BCUT2D eigenvalue weighted by molar-refractivity contribution is 0.0719. The normalized spacial score (nSPS) is 14.5. The van der Waals surface area contributed by atoms with Gasteiger partial charge in [0.05, 0.1) is 16.3 Å². The number of hydrogen-bond donors (Lipinski definition) is 0. The van der Waals surface area contributed by atoms with E-state index in [4.69, 9.17) is 11.6 Å². The predicted octanol–water partition coefficient (Wildman–Crippen LogP) is 3.51. The van der Waals surface area contributed by atoms with Crippen LogP contribution in [0.25, 0.3) is 5.69 Å². The lowest BCUT2D eigenvalue weighted by Gasteiger charge is -2.23. The third-order valence-electron chi connectivity index (χ3n) is 5.04. The molecule has 0 bridgehead atoms. The van der Waals surface area contributed by atoms with Gasteiger partial charge in [-0.15, -0.1) is 0 Å². The summed E-state index contributed by atoms with van der Waals surface area (Å²) in [5, 5.41) is 4.67. The highest BCUT2D eigenvalue weighted by Crippen LogP contribution is 2.19. The third-order valence-corrected chi connectivity index (χ3v) is 5.37. The average Bonchev–Trinajstić information content (AvgIpc) is 3.18. The van der Waals surface area contributed by atoms with Crippen LogP contribution >= 0.6 is 11.6 Å². The molecule has 3 aromatic rings. The largest absolute Gasteiger partial charge is 0.337 e. The Hall–Kier alpha value is -3.12. The van der Waals surface area contributed by atoms with Gasteiger partial charge in [-0.2, -0.15) is 5.10 Å². The van der Waals surface area contributed by atoms with Gasteiger partial charge in [0.1, 0.15) is 0 Å². The number of nitrogens with zero attached hydrogens (tertiary/aromatic N) is 4. The standard InChI is InChI=1S/C22H21ClN4O2/c23-20-9-2-1-8-19(20)22(29)26-12-5-11-25(14-15-26)21(28)17-6-3-7-18(16-17)27-13-4-10-24-27/h1-4,6-10,13,16H,5,11-12,14-15H2. The van der Waals surface area contributed by atoms with Gasteiger partial charge in [-0.3, -0.25) is 9.59 Å². The molecule has 0 unspecified atom stereocenters. The number of halogens is 1. The van der Waals surface area contributed by atoms with E-state index in [9.17, 15) is 9.59 Å². The topological polar surface area (TPSA) is 58.4 Å². The van der Waals surface area contributed by atoms with Gasteiger partial charge in [-0.05, 0) is 42.8 Å². The molecule has 1 aliphatic heterocycles. The predicted molar refractivity (Wildman–Crippen MR) is 111 cm³/mol. The molecule has 0 atom stereocenters. The molecule has 148 valence electrons. The summed E-state index contributed by atoms with van der Waals surface area (Å²) in [7, 11) is 0. The van der Waals surface area contributed by atoms with Gasteiger partial charge in [0, 0.05) is 44.1 Å². The van der Waals surface area contributed by atoms with Crippen LogP contribution in [0.4, 0.5) is 0 Å². The van der Waals surface area contributed by atoms with E-state index in [2.05, 4.69) is 5.10 Å². The second-order valence-electron chi connectivity index (χ2n) is 6.92. The summed E-state index contributed by atoms with van der Waals surface area (Å²) in [4.78, 5) is 29.5. The molecule has 2 heterocycles. The van der Waals surface area contributed by atoms with Crippen molar-refractivity contribution in [2.75, 3.05) is 26.2 Å². The Balaban J connectivity index is 1.46. The minimum Gasteiger partial charge on any atom is -0.337 e. The lowest BCUT2D eigenvalue weighted by atomic mass is 10.1. The highest BCUT2D eigenvalue weighted by atomic mass is 35.5. The smallest absolute Gasteiger partial charge is 0.255 e. The van der Waals surface area contributed by atoms with Crippen LogP contribution in [0.1, 0.15) is 27.1 Å². The van der Waals surface area contributed by atoms with Crippen molar-refractivity contribution in [3.05, 3.63) is 83.1 Å². The fourth-order valence-electron chi connectivity index (χ4n) is 3.51. The molecule has 6 nitrogen and oxygen atoms in total. The Morgan fingerprint density at radius 1 is 0.862 bits per heavy atom. The van der Waals surface area contributed by atoms with E-state index in [1.807, 2.05) is 41.4 Å².